The quantitative estimate of drug-likeness (QED) is 0.0941. The zero-order chi connectivity index (χ0) is 26.4. The van der Waals surface area contributed by atoms with Crippen LogP contribution in [0.1, 0.15) is 52.4 Å². The van der Waals surface area contributed by atoms with E-state index >= 15 is 0 Å². The molecule has 0 bridgehead atoms. The van der Waals surface area contributed by atoms with Crippen LogP contribution in [-0.4, -0.2) is 66.2 Å². The number of hydrogen-bond acceptors (Lipinski definition) is 8. The van der Waals surface area contributed by atoms with E-state index in [1.54, 1.807) is 13.8 Å². The second-order valence-electron chi connectivity index (χ2n) is 8.32. The number of carbonyl (C=O) groups excluding carboxylic acids is 6. The second kappa shape index (κ2) is 15.6. The Morgan fingerprint density at radius 2 is 1.29 bits per heavy atom. The van der Waals surface area contributed by atoms with Crippen molar-refractivity contribution in [2.24, 2.45) is 34.6 Å². The van der Waals surface area contributed by atoms with Crippen LogP contribution in [0, 0.1) is 5.92 Å². The predicted octanol–water partition coefficient (Wildman–Crippen LogP) is -3.82. The van der Waals surface area contributed by atoms with Crippen LogP contribution >= 0.6 is 0 Å². The van der Waals surface area contributed by atoms with Crippen molar-refractivity contribution in [2.75, 3.05) is 6.54 Å². The van der Waals surface area contributed by atoms with Crippen LogP contribution in [0.25, 0.3) is 0 Å². The Kier molecular flexibility index (Phi) is 14.1. The van der Waals surface area contributed by atoms with Gasteiger partial charge in [-0.1, -0.05) is 13.8 Å². The van der Waals surface area contributed by atoms with Gasteiger partial charge in [-0.25, -0.2) is 0 Å². The maximum absolute atomic E-state index is 12.9. The van der Waals surface area contributed by atoms with Gasteiger partial charge in [0.15, 0.2) is 0 Å². The fourth-order valence-corrected chi connectivity index (χ4v) is 2.97. The Morgan fingerprint density at radius 3 is 1.76 bits per heavy atom. The fraction of sp³-hybridized carbons (Fsp3) is 0.700. The number of nitrogens with one attached hydrogen (secondary N) is 3. The molecule has 4 unspecified atom stereocenters. The SMILES string of the molecule is CC(C)C(NC(=O)C(CC(N)=O)NC(=O)C(CCCCN)NC(=O)C(N)CCC(N)=O)C(N)=O. The van der Waals surface area contributed by atoms with Crippen LogP contribution in [0.2, 0.25) is 0 Å². The first-order valence-corrected chi connectivity index (χ1v) is 11.0. The lowest BCUT2D eigenvalue weighted by Crippen LogP contribution is -2.58. The zero-order valence-corrected chi connectivity index (χ0v) is 19.7. The molecule has 0 aliphatic rings. The minimum atomic E-state index is -1.41. The highest BCUT2D eigenvalue weighted by Gasteiger charge is 2.31. The molecule has 0 saturated carbocycles. The standard InChI is InChI=1S/C20H38N8O6/c1-10(2)16(17(25)31)28-20(34)13(9-15(24)30)27-19(33)12(5-3-4-8-21)26-18(32)11(22)6-7-14(23)29/h10-13,16H,3-9,21-22H2,1-2H3,(H2,23,29)(H2,24,30)(H2,25,31)(H,26,32)(H,27,33)(H,28,34). The lowest BCUT2D eigenvalue weighted by molar-refractivity contribution is -0.135. The summed E-state index contributed by atoms with van der Waals surface area (Å²) in [6.45, 7) is 3.67. The summed E-state index contributed by atoms with van der Waals surface area (Å²) < 4.78 is 0. The summed E-state index contributed by atoms with van der Waals surface area (Å²) >= 11 is 0. The molecule has 0 rings (SSSR count). The number of carbonyl (C=O) groups is 6. The Labute approximate surface area is 198 Å². The molecule has 0 aromatic carbocycles. The molecule has 14 nitrogen and oxygen atoms in total. The molecule has 0 aromatic heterocycles. The van der Waals surface area contributed by atoms with E-state index in [1.165, 1.54) is 0 Å². The average molecular weight is 487 g/mol. The smallest absolute Gasteiger partial charge is 0.243 e. The monoisotopic (exact) mass is 486 g/mol. The van der Waals surface area contributed by atoms with Gasteiger partial charge >= 0.3 is 0 Å². The molecule has 13 N–H and O–H groups in total. The molecule has 0 fully saturated rings. The van der Waals surface area contributed by atoms with Crippen molar-refractivity contribution < 1.29 is 28.8 Å². The van der Waals surface area contributed by atoms with Gasteiger partial charge in [-0.15, -0.1) is 0 Å². The Balaban J connectivity index is 5.50. The van der Waals surface area contributed by atoms with Gasteiger partial charge < -0.3 is 44.6 Å². The van der Waals surface area contributed by atoms with Crippen molar-refractivity contribution in [3.63, 3.8) is 0 Å². The number of rotatable bonds is 17. The minimum absolute atomic E-state index is 0.0191. The molecule has 6 amide bonds. The molecule has 0 aliphatic heterocycles. The zero-order valence-electron chi connectivity index (χ0n) is 19.7. The van der Waals surface area contributed by atoms with Crippen molar-refractivity contribution in [3.05, 3.63) is 0 Å². The van der Waals surface area contributed by atoms with E-state index in [0.717, 1.165) is 0 Å². The summed E-state index contributed by atoms with van der Waals surface area (Å²) in [5, 5.41) is 7.27. The summed E-state index contributed by atoms with van der Waals surface area (Å²) in [5.41, 5.74) is 26.8. The van der Waals surface area contributed by atoms with Crippen molar-refractivity contribution >= 4 is 35.4 Å². The third-order valence-electron chi connectivity index (χ3n) is 4.93. The molecule has 0 spiro atoms. The molecule has 0 aliphatic carbocycles. The number of unbranched alkanes of at least 4 members (excludes halogenated alkanes) is 1. The van der Waals surface area contributed by atoms with Crippen LogP contribution in [0.5, 0.6) is 0 Å². The van der Waals surface area contributed by atoms with Crippen LogP contribution in [0.15, 0.2) is 0 Å². The lowest BCUT2D eigenvalue weighted by atomic mass is 10.0. The van der Waals surface area contributed by atoms with Gasteiger partial charge in [0.1, 0.15) is 18.1 Å². The Morgan fingerprint density at radius 1 is 0.735 bits per heavy atom. The topological polar surface area (TPSA) is 269 Å². The van der Waals surface area contributed by atoms with E-state index in [-0.39, 0.29) is 25.2 Å². The van der Waals surface area contributed by atoms with E-state index in [2.05, 4.69) is 16.0 Å². The summed E-state index contributed by atoms with van der Waals surface area (Å²) in [6, 6.07) is -4.66. The van der Waals surface area contributed by atoms with Gasteiger partial charge in [-0.3, -0.25) is 28.8 Å². The number of amides is 6. The van der Waals surface area contributed by atoms with Crippen LogP contribution in [-0.2, 0) is 28.8 Å². The Hall–Kier alpha value is -3.26. The fourth-order valence-electron chi connectivity index (χ4n) is 2.97. The highest BCUT2D eigenvalue weighted by Crippen LogP contribution is 2.06. The summed E-state index contributed by atoms with van der Waals surface area (Å²) in [7, 11) is 0. The first-order valence-electron chi connectivity index (χ1n) is 11.0. The molecular formula is C20H38N8O6. The molecule has 194 valence electrons. The molecule has 0 heterocycles. The van der Waals surface area contributed by atoms with Crippen molar-refractivity contribution in [2.45, 2.75) is 76.5 Å². The first-order chi connectivity index (χ1) is 15.8. The second-order valence-corrected chi connectivity index (χ2v) is 8.32. The molecule has 34 heavy (non-hydrogen) atoms. The summed E-state index contributed by atoms with van der Waals surface area (Å²) in [5.74, 6) is -4.95. The summed E-state index contributed by atoms with van der Waals surface area (Å²) in [4.78, 5) is 72.0. The van der Waals surface area contributed by atoms with Crippen molar-refractivity contribution in [1.29, 1.82) is 0 Å². The molecule has 4 atom stereocenters. The minimum Gasteiger partial charge on any atom is -0.370 e. The summed E-state index contributed by atoms with van der Waals surface area (Å²) in [6.07, 6.45) is 0.508. The number of hydrogen-bond donors (Lipinski definition) is 8. The highest BCUT2D eigenvalue weighted by atomic mass is 16.2. The van der Waals surface area contributed by atoms with Crippen LogP contribution in [0.3, 0.4) is 0 Å². The third-order valence-corrected chi connectivity index (χ3v) is 4.93. The molecule has 0 saturated heterocycles. The van der Waals surface area contributed by atoms with E-state index in [0.29, 0.717) is 19.4 Å². The molecule has 0 radical (unpaired) electrons. The van der Waals surface area contributed by atoms with Gasteiger partial charge in [0.25, 0.3) is 0 Å². The number of nitrogens with two attached hydrogens (primary N) is 5. The highest BCUT2D eigenvalue weighted by molar-refractivity contribution is 5.96. The maximum Gasteiger partial charge on any atom is 0.243 e. The van der Waals surface area contributed by atoms with Crippen LogP contribution < -0.4 is 44.6 Å². The molecular weight excluding hydrogens is 448 g/mol. The third kappa shape index (κ3) is 12.1. The molecule has 14 heteroatoms. The van der Waals surface area contributed by atoms with E-state index in [4.69, 9.17) is 28.7 Å². The van der Waals surface area contributed by atoms with Gasteiger partial charge in [0.05, 0.1) is 12.5 Å². The van der Waals surface area contributed by atoms with Gasteiger partial charge in [0, 0.05) is 6.42 Å². The van der Waals surface area contributed by atoms with E-state index < -0.39 is 66.0 Å². The van der Waals surface area contributed by atoms with Gasteiger partial charge in [-0.2, -0.15) is 0 Å². The normalized spacial score (nSPS) is 14.4. The number of primary amides is 3. The Bertz CT molecular complexity index is 745. The van der Waals surface area contributed by atoms with E-state index in [1.807, 2.05) is 0 Å². The predicted molar refractivity (Wildman–Crippen MR) is 123 cm³/mol. The molecule has 0 aromatic rings. The van der Waals surface area contributed by atoms with Crippen molar-refractivity contribution in [1.82, 2.24) is 16.0 Å². The van der Waals surface area contributed by atoms with Crippen LogP contribution in [0.4, 0.5) is 0 Å². The lowest BCUT2D eigenvalue weighted by Gasteiger charge is -2.26. The maximum atomic E-state index is 12.9. The van der Waals surface area contributed by atoms with E-state index in [9.17, 15) is 28.8 Å². The van der Waals surface area contributed by atoms with Crippen molar-refractivity contribution in [3.8, 4) is 0 Å². The van der Waals surface area contributed by atoms with Gasteiger partial charge in [-0.05, 0) is 38.1 Å². The first kappa shape index (κ1) is 30.7. The van der Waals surface area contributed by atoms with Gasteiger partial charge in [0.2, 0.25) is 35.4 Å². The average Bonchev–Trinajstić information content (AvgIpc) is 2.73. The largest absolute Gasteiger partial charge is 0.370 e.